The first kappa shape index (κ1) is 12.0. The Bertz CT molecular complexity index is 319. The number of Topliss-reactive ketones (excluding diaryl/α,β-unsaturated/α-hetero) is 1. The molecule has 0 saturated carbocycles. The van der Waals surface area contributed by atoms with Gasteiger partial charge in [0.15, 0.2) is 0 Å². The lowest BCUT2D eigenvalue weighted by Crippen LogP contribution is -2.17. The van der Waals surface area contributed by atoms with Gasteiger partial charge in [0, 0.05) is 5.92 Å². The van der Waals surface area contributed by atoms with E-state index in [-0.39, 0.29) is 17.1 Å². The summed E-state index contributed by atoms with van der Waals surface area (Å²) in [4.78, 5) is 11.6. The normalized spacial score (nSPS) is 13.6. The Kier molecular flexibility index (Phi) is 3.67. The molecule has 82 valence electrons. The maximum atomic E-state index is 11.6. The summed E-state index contributed by atoms with van der Waals surface area (Å²) in [5, 5.41) is 0. The van der Waals surface area contributed by atoms with Crippen molar-refractivity contribution in [3.63, 3.8) is 0 Å². The van der Waals surface area contributed by atoms with Gasteiger partial charge in [-0.1, -0.05) is 51.1 Å². The molecule has 1 rings (SSSR count). The van der Waals surface area contributed by atoms with Crippen molar-refractivity contribution in [1.82, 2.24) is 0 Å². The van der Waals surface area contributed by atoms with Crippen LogP contribution in [0.15, 0.2) is 30.3 Å². The van der Waals surface area contributed by atoms with Crippen molar-refractivity contribution >= 4 is 5.78 Å². The van der Waals surface area contributed by atoms with E-state index in [1.165, 1.54) is 0 Å². The minimum atomic E-state index is 0.0474. The Morgan fingerprint density at radius 2 is 1.73 bits per heavy atom. The minimum absolute atomic E-state index is 0.0474. The van der Waals surface area contributed by atoms with E-state index in [4.69, 9.17) is 0 Å². The van der Waals surface area contributed by atoms with E-state index < -0.39 is 0 Å². The van der Waals surface area contributed by atoms with Gasteiger partial charge in [-0.05, 0) is 24.3 Å². The highest BCUT2D eigenvalue weighted by Crippen LogP contribution is 2.31. The smallest absolute Gasteiger partial charge is 0.137 e. The fourth-order valence-corrected chi connectivity index (χ4v) is 1.79. The standard InChI is InChI=1S/C14H20O/c1-11(15)13(10-14(2,3)4)12-8-6-5-7-9-12/h5-9,13H,10H2,1-4H3. The third kappa shape index (κ3) is 3.86. The van der Waals surface area contributed by atoms with Crippen LogP contribution < -0.4 is 0 Å². The predicted octanol–water partition coefficient (Wildman–Crippen LogP) is 3.80. The molecule has 1 aromatic rings. The third-order valence-electron chi connectivity index (χ3n) is 2.51. The van der Waals surface area contributed by atoms with Crippen molar-refractivity contribution in [3.8, 4) is 0 Å². The maximum absolute atomic E-state index is 11.6. The van der Waals surface area contributed by atoms with Gasteiger partial charge in [0.05, 0.1) is 0 Å². The van der Waals surface area contributed by atoms with Crippen molar-refractivity contribution in [2.75, 3.05) is 0 Å². The van der Waals surface area contributed by atoms with Gasteiger partial charge >= 0.3 is 0 Å². The first-order valence-electron chi connectivity index (χ1n) is 5.45. The second-order valence-corrected chi connectivity index (χ2v) is 5.34. The average molecular weight is 204 g/mol. The predicted molar refractivity (Wildman–Crippen MR) is 63.9 cm³/mol. The van der Waals surface area contributed by atoms with Crippen LogP contribution in [0.2, 0.25) is 0 Å². The van der Waals surface area contributed by atoms with E-state index in [0.717, 1.165) is 12.0 Å². The van der Waals surface area contributed by atoms with Crippen LogP contribution in [0, 0.1) is 5.41 Å². The molecule has 1 aromatic carbocycles. The summed E-state index contributed by atoms with van der Waals surface area (Å²) in [5.41, 5.74) is 1.33. The summed E-state index contributed by atoms with van der Waals surface area (Å²) in [6, 6.07) is 10.1. The maximum Gasteiger partial charge on any atom is 0.137 e. The summed E-state index contributed by atoms with van der Waals surface area (Å²) in [6.07, 6.45) is 0.909. The molecule has 1 heteroatoms. The lowest BCUT2D eigenvalue weighted by molar-refractivity contribution is -0.119. The van der Waals surface area contributed by atoms with Gasteiger partial charge in [-0.15, -0.1) is 0 Å². The second-order valence-electron chi connectivity index (χ2n) is 5.34. The number of benzene rings is 1. The lowest BCUT2D eigenvalue weighted by Gasteiger charge is -2.24. The van der Waals surface area contributed by atoms with Crippen LogP contribution in [0.5, 0.6) is 0 Å². The first-order chi connectivity index (χ1) is 6.90. The molecule has 0 bridgehead atoms. The van der Waals surface area contributed by atoms with Crippen molar-refractivity contribution < 1.29 is 4.79 Å². The fourth-order valence-electron chi connectivity index (χ4n) is 1.79. The van der Waals surface area contributed by atoms with Crippen molar-refractivity contribution in [1.29, 1.82) is 0 Å². The molecular weight excluding hydrogens is 184 g/mol. The largest absolute Gasteiger partial charge is 0.299 e. The number of hydrogen-bond donors (Lipinski definition) is 0. The number of carbonyl (C=O) groups excluding carboxylic acids is 1. The number of ketones is 1. The number of rotatable bonds is 3. The molecule has 0 saturated heterocycles. The quantitative estimate of drug-likeness (QED) is 0.732. The Morgan fingerprint density at radius 3 is 2.13 bits per heavy atom. The molecule has 1 nitrogen and oxygen atoms in total. The van der Waals surface area contributed by atoms with Gasteiger partial charge < -0.3 is 0 Å². The molecule has 15 heavy (non-hydrogen) atoms. The molecule has 0 spiro atoms. The molecule has 0 aliphatic heterocycles. The van der Waals surface area contributed by atoms with Crippen molar-refractivity contribution in [2.45, 2.75) is 40.0 Å². The Morgan fingerprint density at radius 1 is 1.20 bits per heavy atom. The minimum Gasteiger partial charge on any atom is -0.299 e. The van der Waals surface area contributed by atoms with Crippen LogP contribution in [-0.2, 0) is 4.79 Å². The molecule has 0 aromatic heterocycles. The van der Waals surface area contributed by atoms with E-state index in [0.29, 0.717) is 0 Å². The van der Waals surface area contributed by atoms with Crippen LogP contribution >= 0.6 is 0 Å². The van der Waals surface area contributed by atoms with Gasteiger partial charge in [-0.3, -0.25) is 4.79 Å². The molecule has 0 heterocycles. The average Bonchev–Trinajstić information content (AvgIpc) is 2.14. The Balaban J connectivity index is 2.90. The Labute approximate surface area is 92.5 Å². The zero-order valence-electron chi connectivity index (χ0n) is 10.1. The first-order valence-corrected chi connectivity index (χ1v) is 5.45. The molecule has 0 amide bonds. The zero-order valence-corrected chi connectivity index (χ0v) is 10.1. The molecule has 0 radical (unpaired) electrons. The Hall–Kier alpha value is -1.11. The lowest BCUT2D eigenvalue weighted by atomic mass is 9.80. The van der Waals surface area contributed by atoms with Crippen LogP contribution in [0.3, 0.4) is 0 Å². The zero-order chi connectivity index (χ0) is 11.5. The molecular formula is C14H20O. The highest BCUT2D eigenvalue weighted by molar-refractivity contribution is 5.83. The van der Waals surface area contributed by atoms with Crippen LogP contribution in [-0.4, -0.2) is 5.78 Å². The van der Waals surface area contributed by atoms with Gasteiger partial charge in [-0.25, -0.2) is 0 Å². The van der Waals surface area contributed by atoms with E-state index >= 15 is 0 Å². The molecule has 0 aliphatic carbocycles. The van der Waals surface area contributed by atoms with E-state index in [9.17, 15) is 4.79 Å². The molecule has 0 N–H and O–H groups in total. The van der Waals surface area contributed by atoms with E-state index in [1.54, 1.807) is 6.92 Å². The van der Waals surface area contributed by atoms with Gasteiger partial charge in [0.25, 0.3) is 0 Å². The SMILES string of the molecule is CC(=O)C(CC(C)(C)C)c1ccccc1. The number of hydrogen-bond acceptors (Lipinski definition) is 1. The topological polar surface area (TPSA) is 17.1 Å². The molecule has 1 unspecified atom stereocenters. The van der Waals surface area contributed by atoms with E-state index in [1.807, 2.05) is 30.3 Å². The van der Waals surface area contributed by atoms with Crippen LogP contribution in [0.1, 0.15) is 45.6 Å². The van der Waals surface area contributed by atoms with Gasteiger partial charge in [0.2, 0.25) is 0 Å². The summed E-state index contributed by atoms with van der Waals surface area (Å²) < 4.78 is 0. The second kappa shape index (κ2) is 4.61. The third-order valence-corrected chi connectivity index (χ3v) is 2.51. The van der Waals surface area contributed by atoms with Crippen molar-refractivity contribution in [2.24, 2.45) is 5.41 Å². The summed E-state index contributed by atoms with van der Waals surface area (Å²) in [6.45, 7) is 8.20. The summed E-state index contributed by atoms with van der Waals surface area (Å²) in [5.74, 6) is 0.308. The van der Waals surface area contributed by atoms with Crippen LogP contribution in [0.25, 0.3) is 0 Å². The molecule has 1 atom stereocenters. The number of carbonyl (C=O) groups is 1. The van der Waals surface area contributed by atoms with Gasteiger partial charge in [0.1, 0.15) is 5.78 Å². The van der Waals surface area contributed by atoms with Crippen molar-refractivity contribution in [3.05, 3.63) is 35.9 Å². The van der Waals surface area contributed by atoms with E-state index in [2.05, 4.69) is 20.8 Å². The molecule has 0 aliphatic rings. The van der Waals surface area contributed by atoms with Gasteiger partial charge in [-0.2, -0.15) is 0 Å². The van der Waals surface area contributed by atoms with Crippen LogP contribution in [0.4, 0.5) is 0 Å². The molecule has 0 fully saturated rings. The summed E-state index contributed by atoms with van der Waals surface area (Å²) >= 11 is 0. The monoisotopic (exact) mass is 204 g/mol. The summed E-state index contributed by atoms with van der Waals surface area (Å²) in [7, 11) is 0. The fraction of sp³-hybridized carbons (Fsp3) is 0.500. The highest BCUT2D eigenvalue weighted by atomic mass is 16.1. The highest BCUT2D eigenvalue weighted by Gasteiger charge is 2.23.